The van der Waals surface area contributed by atoms with Gasteiger partial charge in [0.25, 0.3) is 0 Å². The van der Waals surface area contributed by atoms with Crippen molar-refractivity contribution < 1.29 is 0 Å². The highest BCUT2D eigenvalue weighted by molar-refractivity contribution is 5.15. The van der Waals surface area contributed by atoms with Gasteiger partial charge in [0.05, 0.1) is 6.04 Å². The summed E-state index contributed by atoms with van der Waals surface area (Å²) in [5, 5.41) is 3.51. The summed E-state index contributed by atoms with van der Waals surface area (Å²) in [6.07, 6.45) is 13.4. The molecule has 0 radical (unpaired) electrons. The van der Waals surface area contributed by atoms with Crippen molar-refractivity contribution in [2.45, 2.75) is 50.1 Å². The zero-order valence-electron chi connectivity index (χ0n) is 6.90. The first-order valence-corrected chi connectivity index (χ1v) is 4.58. The van der Waals surface area contributed by atoms with Crippen LogP contribution in [-0.2, 0) is 0 Å². The van der Waals surface area contributed by atoms with E-state index in [9.17, 15) is 0 Å². The van der Waals surface area contributed by atoms with Gasteiger partial charge in [0.1, 0.15) is 0 Å². The summed E-state index contributed by atoms with van der Waals surface area (Å²) in [7, 11) is 0. The Bertz CT molecular complexity index is 176. The van der Waals surface area contributed by atoms with Crippen LogP contribution in [0, 0.1) is 12.3 Å². The largest absolute Gasteiger partial charge is 0.298 e. The van der Waals surface area contributed by atoms with Gasteiger partial charge >= 0.3 is 0 Å². The molecule has 1 atom stereocenters. The molecule has 0 bridgehead atoms. The number of terminal acetylenes is 1. The van der Waals surface area contributed by atoms with E-state index in [0.717, 1.165) is 0 Å². The molecule has 1 nitrogen and oxygen atoms in total. The Morgan fingerprint density at radius 3 is 2.45 bits per heavy atom. The summed E-state index contributed by atoms with van der Waals surface area (Å²) in [4.78, 5) is 0. The molecule has 1 saturated heterocycles. The first kappa shape index (κ1) is 7.18. The maximum absolute atomic E-state index is 5.31. The molecule has 11 heavy (non-hydrogen) atoms. The summed E-state index contributed by atoms with van der Waals surface area (Å²) in [6, 6.07) is 0.382. The fourth-order valence-corrected chi connectivity index (χ4v) is 2.42. The van der Waals surface area contributed by atoms with E-state index in [0.29, 0.717) is 11.6 Å². The predicted molar refractivity (Wildman–Crippen MR) is 46.2 cm³/mol. The Hall–Kier alpha value is -0.480. The van der Waals surface area contributed by atoms with Crippen molar-refractivity contribution in [3.63, 3.8) is 0 Å². The highest BCUT2D eigenvalue weighted by Crippen LogP contribution is 2.38. The molecule has 1 heteroatoms. The van der Waals surface area contributed by atoms with Gasteiger partial charge in [-0.1, -0.05) is 25.2 Å². The number of rotatable bonds is 0. The molecule has 1 spiro atoms. The van der Waals surface area contributed by atoms with Gasteiger partial charge in [0.2, 0.25) is 0 Å². The molecular formula is C10H15N. The lowest BCUT2D eigenvalue weighted by atomic mass is 9.71. The molecule has 0 aromatic heterocycles. The second-order valence-electron chi connectivity index (χ2n) is 3.91. The third-order valence-electron chi connectivity index (χ3n) is 3.09. The third-order valence-corrected chi connectivity index (χ3v) is 3.09. The molecular weight excluding hydrogens is 134 g/mol. The Morgan fingerprint density at radius 1 is 1.27 bits per heavy atom. The minimum atomic E-state index is 0.382. The number of hydrogen-bond donors (Lipinski definition) is 1. The Balaban J connectivity index is 1.90. The topological polar surface area (TPSA) is 12.0 Å². The molecule has 2 fully saturated rings. The Morgan fingerprint density at radius 2 is 1.91 bits per heavy atom. The van der Waals surface area contributed by atoms with Crippen LogP contribution in [-0.4, -0.2) is 11.6 Å². The average molecular weight is 149 g/mol. The number of hydrogen-bond acceptors (Lipinski definition) is 1. The minimum Gasteiger partial charge on any atom is -0.298 e. The van der Waals surface area contributed by atoms with Crippen molar-refractivity contribution >= 4 is 0 Å². The zero-order chi connectivity index (χ0) is 7.73. The van der Waals surface area contributed by atoms with Crippen LogP contribution in [0.4, 0.5) is 0 Å². The van der Waals surface area contributed by atoms with E-state index in [1.54, 1.807) is 0 Å². The van der Waals surface area contributed by atoms with Crippen LogP contribution < -0.4 is 5.32 Å². The monoisotopic (exact) mass is 149 g/mol. The van der Waals surface area contributed by atoms with Crippen LogP contribution in [0.3, 0.4) is 0 Å². The van der Waals surface area contributed by atoms with Crippen LogP contribution in [0.15, 0.2) is 0 Å². The molecule has 1 aliphatic carbocycles. The SMILES string of the molecule is C#CC1CC2(CCCCC2)N1. The molecule has 1 heterocycles. The quantitative estimate of drug-likeness (QED) is 0.517. The van der Waals surface area contributed by atoms with Crippen molar-refractivity contribution in [3.8, 4) is 12.3 Å². The molecule has 1 saturated carbocycles. The first-order chi connectivity index (χ1) is 5.35. The lowest BCUT2D eigenvalue weighted by Gasteiger charge is -2.49. The third kappa shape index (κ3) is 1.16. The predicted octanol–water partition coefficient (Wildman–Crippen LogP) is 1.68. The van der Waals surface area contributed by atoms with E-state index in [2.05, 4.69) is 11.2 Å². The Labute approximate surface area is 68.6 Å². The van der Waals surface area contributed by atoms with Gasteiger partial charge < -0.3 is 0 Å². The van der Waals surface area contributed by atoms with Crippen molar-refractivity contribution in [2.75, 3.05) is 0 Å². The van der Waals surface area contributed by atoms with Crippen molar-refractivity contribution in [2.24, 2.45) is 0 Å². The van der Waals surface area contributed by atoms with Crippen molar-refractivity contribution in [1.29, 1.82) is 0 Å². The minimum absolute atomic E-state index is 0.382. The maximum atomic E-state index is 5.31. The van der Waals surface area contributed by atoms with E-state index in [1.165, 1.54) is 38.5 Å². The van der Waals surface area contributed by atoms with Gasteiger partial charge in [-0.15, -0.1) is 6.42 Å². The summed E-state index contributed by atoms with van der Waals surface area (Å²) in [5.74, 6) is 2.76. The lowest BCUT2D eigenvalue weighted by Crippen LogP contribution is -2.63. The van der Waals surface area contributed by atoms with E-state index in [1.807, 2.05) is 0 Å². The van der Waals surface area contributed by atoms with Gasteiger partial charge in [-0.05, 0) is 19.3 Å². The Kier molecular flexibility index (Phi) is 1.65. The summed E-state index contributed by atoms with van der Waals surface area (Å²) >= 11 is 0. The van der Waals surface area contributed by atoms with Crippen LogP contribution >= 0.6 is 0 Å². The summed E-state index contributed by atoms with van der Waals surface area (Å²) in [6.45, 7) is 0. The van der Waals surface area contributed by atoms with Gasteiger partial charge in [-0.2, -0.15) is 0 Å². The molecule has 0 aromatic rings. The number of nitrogens with one attached hydrogen (secondary N) is 1. The highest BCUT2D eigenvalue weighted by Gasteiger charge is 2.42. The molecule has 1 unspecified atom stereocenters. The van der Waals surface area contributed by atoms with Crippen LogP contribution in [0.25, 0.3) is 0 Å². The molecule has 2 rings (SSSR count). The van der Waals surface area contributed by atoms with Crippen LogP contribution in [0.5, 0.6) is 0 Å². The standard InChI is InChI=1S/C10H15N/c1-2-9-8-10(11-9)6-4-3-5-7-10/h1,9,11H,3-8H2. The zero-order valence-corrected chi connectivity index (χ0v) is 6.90. The van der Waals surface area contributed by atoms with Gasteiger partial charge in [0.15, 0.2) is 0 Å². The van der Waals surface area contributed by atoms with E-state index >= 15 is 0 Å². The second kappa shape index (κ2) is 2.53. The van der Waals surface area contributed by atoms with E-state index in [4.69, 9.17) is 6.42 Å². The molecule has 1 N–H and O–H groups in total. The fourth-order valence-electron chi connectivity index (χ4n) is 2.42. The van der Waals surface area contributed by atoms with Crippen molar-refractivity contribution in [1.82, 2.24) is 5.32 Å². The van der Waals surface area contributed by atoms with Crippen LogP contribution in [0.2, 0.25) is 0 Å². The fraction of sp³-hybridized carbons (Fsp3) is 0.800. The molecule has 0 aromatic carbocycles. The normalized spacial score (nSPS) is 34.3. The van der Waals surface area contributed by atoms with E-state index < -0.39 is 0 Å². The molecule has 0 amide bonds. The molecule has 1 aliphatic heterocycles. The average Bonchev–Trinajstić information content (AvgIpc) is 2.01. The molecule has 2 aliphatic rings. The highest BCUT2D eigenvalue weighted by atomic mass is 15.1. The van der Waals surface area contributed by atoms with Gasteiger partial charge in [-0.3, -0.25) is 5.32 Å². The van der Waals surface area contributed by atoms with E-state index in [-0.39, 0.29) is 0 Å². The second-order valence-corrected chi connectivity index (χ2v) is 3.91. The summed E-state index contributed by atoms with van der Waals surface area (Å²) < 4.78 is 0. The van der Waals surface area contributed by atoms with Crippen LogP contribution in [0.1, 0.15) is 38.5 Å². The van der Waals surface area contributed by atoms with Crippen molar-refractivity contribution in [3.05, 3.63) is 0 Å². The molecule has 60 valence electrons. The maximum Gasteiger partial charge on any atom is 0.0708 e. The first-order valence-electron chi connectivity index (χ1n) is 4.58. The summed E-state index contributed by atoms with van der Waals surface area (Å²) in [5.41, 5.74) is 0.481. The van der Waals surface area contributed by atoms with Gasteiger partial charge in [0, 0.05) is 5.54 Å². The lowest BCUT2D eigenvalue weighted by molar-refractivity contribution is 0.115. The smallest absolute Gasteiger partial charge is 0.0708 e. The van der Waals surface area contributed by atoms with Gasteiger partial charge in [-0.25, -0.2) is 0 Å².